The van der Waals surface area contributed by atoms with Crippen molar-refractivity contribution in [2.75, 3.05) is 0 Å². The molecule has 8 rings (SSSR count). The van der Waals surface area contributed by atoms with E-state index in [1.54, 1.807) is 6.07 Å². The summed E-state index contributed by atoms with van der Waals surface area (Å²) in [5, 5.41) is 16.5. The van der Waals surface area contributed by atoms with Crippen molar-refractivity contribution in [2.45, 2.75) is 0 Å². The molecule has 0 atom stereocenters. The Labute approximate surface area is 242 Å². The van der Waals surface area contributed by atoms with Gasteiger partial charge in [-0.3, -0.25) is 0 Å². The molecule has 0 spiro atoms. The summed E-state index contributed by atoms with van der Waals surface area (Å²) in [6.45, 7) is 0. The van der Waals surface area contributed by atoms with E-state index in [0.717, 1.165) is 43.9 Å². The summed E-state index contributed by atoms with van der Waals surface area (Å²) < 4.78 is 16.9. The van der Waals surface area contributed by atoms with E-state index in [1.807, 2.05) is 24.3 Å². The van der Waals surface area contributed by atoms with Crippen LogP contribution in [0.2, 0.25) is 0 Å². The van der Waals surface area contributed by atoms with Gasteiger partial charge in [0.1, 0.15) is 5.82 Å². The zero-order valence-corrected chi connectivity index (χ0v) is 22.6. The zero-order chi connectivity index (χ0) is 28.2. The lowest BCUT2D eigenvalue weighted by Crippen LogP contribution is -1.95. The number of hydrogen-bond donors (Lipinski definition) is 0. The third-order valence-corrected chi connectivity index (χ3v) is 8.30. The first-order valence-corrected chi connectivity index (χ1v) is 14.0. The average molecular weight is 539 g/mol. The number of nitrogens with zero attached hydrogens (tertiary/aromatic N) is 2. The zero-order valence-electron chi connectivity index (χ0n) is 22.6. The second-order valence-electron chi connectivity index (χ2n) is 10.6. The molecule has 0 unspecified atom stereocenters. The molecule has 0 aliphatic heterocycles. The van der Waals surface area contributed by atoms with E-state index in [0.29, 0.717) is 11.1 Å². The van der Waals surface area contributed by atoms with Crippen molar-refractivity contribution < 1.29 is 4.39 Å². The molecule has 0 saturated heterocycles. The number of hydrogen-bond acceptors (Lipinski definition) is 1. The molecule has 7 aromatic carbocycles. The molecule has 196 valence electrons. The number of nitriles is 1. The lowest BCUT2D eigenvalue weighted by molar-refractivity contribution is 0.628. The number of fused-ring (bicyclic) bond motifs is 5. The third-order valence-electron chi connectivity index (χ3n) is 8.30. The van der Waals surface area contributed by atoms with Gasteiger partial charge in [-0.05, 0) is 80.7 Å². The van der Waals surface area contributed by atoms with E-state index >= 15 is 0 Å². The van der Waals surface area contributed by atoms with Gasteiger partial charge < -0.3 is 4.57 Å². The standard InChI is InChI=1S/C39H23FN2/c40-27-20-17-26(24-41)35(23-27)39-33-13-3-1-11-31(33)38(32-12-2-4-14-34(32)39)25-18-21-28(22-19-25)42-36-15-7-5-9-29(36)30-10-6-8-16-37(30)42/h1-23H. The van der Waals surface area contributed by atoms with E-state index in [4.69, 9.17) is 0 Å². The van der Waals surface area contributed by atoms with Gasteiger partial charge in [-0.1, -0.05) is 97.1 Å². The van der Waals surface area contributed by atoms with Crippen LogP contribution in [0.3, 0.4) is 0 Å². The van der Waals surface area contributed by atoms with Crippen molar-refractivity contribution in [1.82, 2.24) is 4.57 Å². The molecule has 0 saturated carbocycles. The van der Waals surface area contributed by atoms with Gasteiger partial charge in [0.2, 0.25) is 0 Å². The van der Waals surface area contributed by atoms with Crippen molar-refractivity contribution in [2.24, 2.45) is 0 Å². The van der Waals surface area contributed by atoms with E-state index in [-0.39, 0.29) is 5.82 Å². The summed E-state index contributed by atoms with van der Waals surface area (Å²) >= 11 is 0. The molecule has 3 heteroatoms. The molecule has 8 aromatic rings. The number of rotatable bonds is 3. The van der Waals surface area contributed by atoms with Crippen LogP contribution in [0.25, 0.3) is 71.3 Å². The van der Waals surface area contributed by atoms with Crippen LogP contribution >= 0.6 is 0 Å². The van der Waals surface area contributed by atoms with E-state index < -0.39 is 0 Å². The number of benzene rings is 7. The first kappa shape index (κ1) is 24.1. The van der Waals surface area contributed by atoms with Crippen LogP contribution in [0.1, 0.15) is 5.56 Å². The number of para-hydroxylation sites is 2. The molecular weight excluding hydrogens is 515 g/mol. The quantitative estimate of drug-likeness (QED) is 0.206. The Hall–Kier alpha value is -5.72. The highest BCUT2D eigenvalue weighted by Crippen LogP contribution is 2.44. The lowest BCUT2D eigenvalue weighted by atomic mass is 9.85. The van der Waals surface area contributed by atoms with Gasteiger partial charge in [-0.15, -0.1) is 0 Å². The normalized spacial score (nSPS) is 11.4. The van der Waals surface area contributed by atoms with Gasteiger partial charge in [0.25, 0.3) is 0 Å². The smallest absolute Gasteiger partial charge is 0.123 e. The number of halogens is 1. The van der Waals surface area contributed by atoms with Crippen molar-refractivity contribution in [3.05, 3.63) is 151 Å². The maximum absolute atomic E-state index is 14.6. The fraction of sp³-hybridized carbons (Fsp3) is 0. The lowest BCUT2D eigenvalue weighted by Gasteiger charge is -2.18. The first-order valence-electron chi connectivity index (χ1n) is 14.0. The van der Waals surface area contributed by atoms with Crippen LogP contribution in [0, 0.1) is 17.1 Å². The second-order valence-corrected chi connectivity index (χ2v) is 10.6. The summed E-state index contributed by atoms with van der Waals surface area (Å²) in [6, 6.07) is 48.9. The van der Waals surface area contributed by atoms with Crippen LogP contribution in [-0.4, -0.2) is 4.57 Å². The Morgan fingerprint density at radius 3 is 1.50 bits per heavy atom. The maximum Gasteiger partial charge on any atom is 0.123 e. The maximum atomic E-state index is 14.6. The van der Waals surface area contributed by atoms with Crippen molar-refractivity contribution in [3.8, 4) is 34.0 Å². The Bertz CT molecular complexity index is 2260. The summed E-state index contributed by atoms with van der Waals surface area (Å²) in [4.78, 5) is 0. The summed E-state index contributed by atoms with van der Waals surface area (Å²) in [7, 11) is 0. The van der Waals surface area contributed by atoms with Crippen molar-refractivity contribution in [1.29, 1.82) is 5.26 Å². The highest BCUT2D eigenvalue weighted by atomic mass is 19.1. The molecule has 42 heavy (non-hydrogen) atoms. The van der Waals surface area contributed by atoms with E-state index in [2.05, 4.69) is 108 Å². The topological polar surface area (TPSA) is 28.7 Å². The van der Waals surface area contributed by atoms with Gasteiger partial charge in [-0.2, -0.15) is 5.26 Å². The molecule has 0 fully saturated rings. The molecule has 0 radical (unpaired) electrons. The first-order chi connectivity index (χ1) is 20.7. The molecule has 0 N–H and O–H groups in total. The van der Waals surface area contributed by atoms with Gasteiger partial charge in [0, 0.05) is 22.0 Å². The Balaban J connectivity index is 1.39. The van der Waals surface area contributed by atoms with Crippen molar-refractivity contribution >= 4 is 43.4 Å². The molecule has 1 aromatic heterocycles. The van der Waals surface area contributed by atoms with Crippen LogP contribution < -0.4 is 0 Å². The molecule has 2 nitrogen and oxygen atoms in total. The highest BCUT2D eigenvalue weighted by molar-refractivity contribution is 6.21. The molecule has 0 amide bonds. The second kappa shape index (κ2) is 9.44. The predicted molar refractivity (Wildman–Crippen MR) is 171 cm³/mol. The van der Waals surface area contributed by atoms with E-state index in [1.165, 1.54) is 33.9 Å². The number of aromatic nitrogens is 1. The van der Waals surface area contributed by atoms with Crippen LogP contribution in [-0.2, 0) is 0 Å². The minimum absolute atomic E-state index is 0.359. The summed E-state index contributed by atoms with van der Waals surface area (Å²) in [6.07, 6.45) is 0. The van der Waals surface area contributed by atoms with Gasteiger partial charge in [0.05, 0.1) is 22.7 Å². The average Bonchev–Trinajstić information content (AvgIpc) is 3.38. The molecule has 0 bridgehead atoms. The molecule has 0 aliphatic carbocycles. The molecular formula is C39H23FN2. The Morgan fingerprint density at radius 1 is 0.500 bits per heavy atom. The minimum Gasteiger partial charge on any atom is -0.309 e. The third kappa shape index (κ3) is 3.56. The SMILES string of the molecule is N#Cc1ccc(F)cc1-c1c2ccccc2c(-c2ccc(-n3c4ccccc4c4ccccc43)cc2)c2ccccc12. The van der Waals surface area contributed by atoms with E-state index in [9.17, 15) is 9.65 Å². The monoisotopic (exact) mass is 538 g/mol. The van der Waals surface area contributed by atoms with Gasteiger partial charge in [0.15, 0.2) is 0 Å². The Morgan fingerprint density at radius 2 is 0.976 bits per heavy atom. The largest absolute Gasteiger partial charge is 0.309 e. The summed E-state index contributed by atoms with van der Waals surface area (Å²) in [5.41, 5.74) is 7.60. The minimum atomic E-state index is -0.359. The Kier molecular flexibility index (Phi) is 5.42. The van der Waals surface area contributed by atoms with Gasteiger partial charge in [-0.25, -0.2) is 4.39 Å². The van der Waals surface area contributed by atoms with Gasteiger partial charge >= 0.3 is 0 Å². The molecule has 0 aliphatic rings. The fourth-order valence-corrected chi connectivity index (χ4v) is 6.53. The van der Waals surface area contributed by atoms with Crippen LogP contribution in [0.15, 0.2) is 140 Å². The summed E-state index contributed by atoms with van der Waals surface area (Å²) in [5.74, 6) is -0.359. The molecule has 1 heterocycles. The van der Waals surface area contributed by atoms with Crippen LogP contribution in [0.5, 0.6) is 0 Å². The van der Waals surface area contributed by atoms with Crippen molar-refractivity contribution in [3.63, 3.8) is 0 Å². The highest BCUT2D eigenvalue weighted by Gasteiger charge is 2.19. The van der Waals surface area contributed by atoms with Crippen LogP contribution in [0.4, 0.5) is 4.39 Å². The predicted octanol–water partition coefficient (Wildman–Crippen LogP) is 10.4. The fourth-order valence-electron chi connectivity index (χ4n) is 6.53.